The van der Waals surface area contributed by atoms with Crippen molar-refractivity contribution >= 4 is 29.9 Å². The summed E-state index contributed by atoms with van der Waals surface area (Å²) in [6, 6.07) is 0. The van der Waals surface area contributed by atoms with E-state index in [9.17, 15) is 0 Å². The maximum atomic E-state index is 5.09. The lowest BCUT2D eigenvalue weighted by atomic mass is 9.92. The number of rotatable bonds is 11. The zero-order chi connectivity index (χ0) is 18.5. The number of ether oxygens (including phenoxy) is 1. The fourth-order valence-electron chi connectivity index (χ4n) is 3.66. The lowest BCUT2D eigenvalue weighted by molar-refractivity contribution is 0.140. The van der Waals surface area contributed by atoms with E-state index in [1.807, 2.05) is 7.05 Å². The van der Waals surface area contributed by atoms with Gasteiger partial charge in [-0.2, -0.15) is 0 Å². The highest BCUT2D eigenvalue weighted by molar-refractivity contribution is 14.0. The van der Waals surface area contributed by atoms with E-state index in [4.69, 9.17) is 4.74 Å². The third-order valence-corrected chi connectivity index (χ3v) is 4.79. The SMILES string of the molecule is CN=C(NCCCN1CC(C)CC(C)C1)NCCN(C)CCCOC.I. The summed E-state index contributed by atoms with van der Waals surface area (Å²) >= 11 is 0. The summed E-state index contributed by atoms with van der Waals surface area (Å²) in [6.07, 6.45) is 3.62. The summed E-state index contributed by atoms with van der Waals surface area (Å²) in [6.45, 7) is 13.2. The minimum Gasteiger partial charge on any atom is -0.385 e. The van der Waals surface area contributed by atoms with Crippen LogP contribution in [0.2, 0.25) is 0 Å². The Morgan fingerprint density at radius 2 is 1.77 bits per heavy atom. The van der Waals surface area contributed by atoms with Crippen LogP contribution in [0.15, 0.2) is 4.99 Å². The second-order valence-electron chi connectivity index (χ2n) is 7.63. The Morgan fingerprint density at radius 1 is 1.12 bits per heavy atom. The first-order chi connectivity index (χ1) is 12.0. The molecule has 0 amide bonds. The van der Waals surface area contributed by atoms with Crippen LogP contribution in [0.3, 0.4) is 0 Å². The molecule has 1 saturated heterocycles. The minimum atomic E-state index is 0. The summed E-state index contributed by atoms with van der Waals surface area (Å²) in [5.74, 6) is 2.59. The molecule has 1 aliphatic rings. The molecule has 6 nitrogen and oxygen atoms in total. The molecule has 1 heterocycles. The van der Waals surface area contributed by atoms with Gasteiger partial charge < -0.3 is 25.2 Å². The summed E-state index contributed by atoms with van der Waals surface area (Å²) in [7, 11) is 5.74. The van der Waals surface area contributed by atoms with Gasteiger partial charge in [0.05, 0.1) is 0 Å². The number of guanidine groups is 1. The summed E-state index contributed by atoms with van der Waals surface area (Å²) in [4.78, 5) is 9.25. The average molecular weight is 483 g/mol. The quantitative estimate of drug-likeness (QED) is 0.204. The molecule has 7 heteroatoms. The molecule has 0 aromatic rings. The Labute approximate surface area is 178 Å². The van der Waals surface area contributed by atoms with Gasteiger partial charge in [-0.15, -0.1) is 24.0 Å². The third-order valence-electron chi connectivity index (χ3n) is 4.79. The average Bonchev–Trinajstić information content (AvgIpc) is 2.56. The first kappa shape index (κ1) is 25.9. The maximum Gasteiger partial charge on any atom is 0.191 e. The molecule has 0 aromatic carbocycles. The lowest BCUT2D eigenvalue weighted by Crippen LogP contribution is -2.43. The van der Waals surface area contributed by atoms with Crippen LogP contribution in [0.5, 0.6) is 0 Å². The number of nitrogens with zero attached hydrogens (tertiary/aromatic N) is 3. The second kappa shape index (κ2) is 15.9. The molecular formula is C19H42IN5O. The Hall–Kier alpha value is -0.120. The van der Waals surface area contributed by atoms with Crippen LogP contribution in [0.4, 0.5) is 0 Å². The van der Waals surface area contributed by atoms with Crippen molar-refractivity contribution in [2.75, 3.05) is 73.6 Å². The molecule has 2 unspecified atom stereocenters. The molecule has 0 aliphatic carbocycles. The number of likely N-dealkylation sites (tertiary alicyclic amines) is 1. The highest BCUT2D eigenvalue weighted by Crippen LogP contribution is 2.20. The van der Waals surface area contributed by atoms with Crippen LogP contribution in [-0.4, -0.2) is 89.4 Å². The molecule has 1 fully saturated rings. The van der Waals surface area contributed by atoms with E-state index in [1.54, 1.807) is 7.11 Å². The number of likely N-dealkylation sites (N-methyl/N-ethyl adjacent to an activating group) is 1. The van der Waals surface area contributed by atoms with Crippen LogP contribution >= 0.6 is 24.0 Å². The Kier molecular flexibility index (Phi) is 15.8. The van der Waals surface area contributed by atoms with Crippen LogP contribution in [0, 0.1) is 11.8 Å². The molecule has 0 bridgehead atoms. The predicted octanol–water partition coefficient (Wildman–Crippen LogP) is 2.11. The van der Waals surface area contributed by atoms with Crippen LogP contribution in [0.25, 0.3) is 0 Å². The second-order valence-corrected chi connectivity index (χ2v) is 7.63. The van der Waals surface area contributed by atoms with E-state index in [-0.39, 0.29) is 24.0 Å². The van der Waals surface area contributed by atoms with Crippen LogP contribution in [-0.2, 0) is 4.74 Å². The molecule has 2 N–H and O–H groups in total. The van der Waals surface area contributed by atoms with Crippen molar-refractivity contribution in [3.63, 3.8) is 0 Å². The fraction of sp³-hybridized carbons (Fsp3) is 0.947. The van der Waals surface area contributed by atoms with E-state index in [1.165, 1.54) is 26.1 Å². The number of halogens is 1. The lowest BCUT2D eigenvalue weighted by Gasteiger charge is -2.35. The number of aliphatic imine (C=N–C) groups is 1. The van der Waals surface area contributed by atoms with Crippen molar-refractivity contribution in [3.05, 3.63) is 0 Å². The molecule has 1 rings (SSSR count). The monoisotopic (exact) mass is 483 g/mol. The molecule has 0 radical (unpaired) electrons. The Bertz CT molecular complexity index is 360. The molecule has 0 saturated carbocycles. The van der Waals surface area contributed by atoms with Gasteiger partial charge in [0.15, 0.2) is 5.96 Å². The molecule has 26 heavy (non-hydrogen) atoms. The van der Waals surface area contributed by atoms with E-state index in [0.717, 1.165) is 63.4 Å². The smallest absolute Gasteiger partial charge is 0.191 e. The highest BCUT2D eigenvalue weighted by Gasteiger charge is 2.20. The third kappa shape index (κ3) is 12.3. The predicted molar refractivity (Wildman–Crippen MR) is 123 cm³/mol. The van der Waals surface area contributed by atoms with Gasteiger partial charge in [-0.3, -0.25) is 4.99 Å². The molecule has 1 aliphatic heterocycles. The Morgan fingerprint density at radius 3 is 2.38 bits per heavy atom. The van der Waals surface area contributed by atoms with Gasteiger partial charge in [-0.05, 0) is 44.7 Å². The largest absolute Gasteiger partial charge is 0.385 e. The van der Waals surface area contributed by atoms with E-state index >= 15 is 0 Å². The minimum absolute atomic E-state index is 0. The summed E-state index contributed by atoms with van der Waals surface area (Å²) < 4.78 is 5.09. The summed E-state index contributed by atoms with van der Waals surface area (Å²) in [5, 5.41) is 6.83. The molecular weight excluding hydrogens is 441 g/mol. The molecule has 2 atom stereocenters. The first-order valence-corrected chi connectivity index (χ1v) is 9.89. The van der Waals surface area contributed by atoms with Crippen molar-refractivity contribution in [1.29, 1.82) is 0 Å². The van der Waals surface area contributed by atoms with Crippen molar-refractivity contribution in [2.45, 2.75) is 33.1 Å². The zero-order valence-corrected chi connectivity index (χ0v) is 19.9. The molecule has 156 valence electrons. The van der Waals surface area contributed by atoms with Crippen LogP contribution in [0.1, 0.15) is 33.1 Å². The number of nitrogens with one attached hydrogen (secondary N) is 2. The molecule has 0 spiro atoms. The number of piperidine rings is 1. The van der Waals surface area contributed by atoms with Gasteiger partial charge >= 0.3 is 0 Å². The zero-order valence-electron chi connectivity index (χ0n) is 17.6. The number of methoxy groups -OCH3 is 1. The fourth-order valence-corrected chi connectivity index (χ4v) is 3.66. The first-order valence-electron chi connectivity index (χ1n) is 9.89. The van der Waals surface area contributed by atoms with Gasteiger partial charge in [0.25, 0.3) is 0 Å². The van der Waals surface area contributed by atoms with E-state index in [0.29, 0.717) is 0 Å². The van der Waals surface area contributed by atoms with Crippen molar-refractivity contribution < 1.29 is 4.74 Å². The van der Waals surface area contributed by atoms with E-state index in [2.05, 4.69) is 46.3 Å². The van der Waals surface area contributed by atoms with Gasteiger partial charge in [0.2, 0.25) is 0 Å². The normalized spacial score (nSPS) is 21.5. The standard InChI is InChI=1S/C19H41N5O.HI/c1-17-14-18(2)16-24(15-17)11-6-8-21-19(20-3)22-9-12-23(4)10-7-13-25-5;/h17-18H,6-16H2,1-5H3,(H2,20,21,22);1H. The van der Waals surface area contributed by atoms with E-state index < -0.39 is 0 Å². The Balaban J connectivity index is 0.00000625. The maximum absolute atomic E-state index is 5.09. The van der Waals surface area contributed by atoms with Crippen molar-refractivity contribution in [2.24, 2.45) is 16.8 Å². The van der Waals surface area contributed by atoms with Crippen molar-refractivity contribution in [3.8, 4) is 0 Å². The van der Waals surface area contributed by atoms with Gasteiger partial charge in [0, 0.05) is 60.0 Å². The van der Waals surface area contributed by atoms with Crippen LogP contribution < -0.4 is 10.6 Å². The summed E-state index contributed by atoms with van der Waals surface area (Å²) in [5.41, 5.74) is 0. The van der Waals surface area contributed by atoms with Gasteiger partial charge in [0.1, 0.15) is 0 Å². The number of hydrogen-bond acceptors (Lipinski definition) is 4. The topological polar surface area (TPSA) is 52.1 Å². The molecule has 0 aromatic heterocycles. The van der Waals surface area contributed by atoms with Gasteiger partial charge in [-0.25, -0.2) is 0 Å². The number of hydrogen-bond donors (Lipinski definition) is 2. The van der Waals surface area contributed by atoms with Gasteiger partial charge in [-0.1, -0.05) is 13.8 Å². The van der Waals surface area contributed by atoms with Crippen molar-refractivity contribution in [1.82, 2.24) is 20.4 Å². The highest BCUT2D eigenvalue weighted by atomic mass is 127.